The zero-order valence-corrected chi connectivity index (χ0v) is 22.9. The van der Waals surface area contributed by atoms with Gasteiger partial charge in [0.05, 0.1) is 6.61 Å². The SMILES string of the molecule is Cn1cc(-c2ccccc2Oc2ccc(OCC3CCN(C(=O)OC(C)(C)C)CC3)cc2)c2cc[nH]c2c1=O. The number of benzene rings is 2. The summed E-state index contributed by atoms with van der Waals surface area (Å²) < 4.78 is 19.4. The molecule has 0 unspecified atom stereocenters. The van der Waals surface area contributed by atoms with E-state index in [1.54, 1.807) is 22.7 Å². The first-order valence-electron chi connectivity index (χ1n) is 13.3. The van der Waals surface area contributed by atoms with Gasteiger partial charge in [-0.05, 0) is 75.9 Å². The number of aromatic nitrogens is 2. The van der Waals surface area contributed by atoms with Crippen LogP contribution in [-0.2, 0) is 11.8 Å². The standard InChI is InChI=1S/C31H35N3O5/c1-31(2,3)39-30(36)34-17-14-21(15-18-34)20-37-22-9-11-23(12-10-22)38-27-8-6-5-7-24(27)26-19-33(4)29(35)28-25(26)13-16-32-28/h5-13,16,19,21,32H,14-15,17-18,20H2,1-4H3. The van der Waals surface area contributed by atoms with Crippen molar-refractivity contribution in [1.29, 1.82) is 0 Å². The fourth-order valence-corrected chi connectivity index (χ4v) is 4.82. The maximum atomic E-state index is 12.5. The number of hydrogen-bond donors (Lipinski definition) is 1. The van der Waals surface area contributed by atoms with Crippen molar-refractivity contribution in [3.63, 3.8) is 0 Å². The number of nitrogens with zero attached hydrogens (tertiary/aromatic N) is 2. The monoisotopic (exact) mass is 529 g/mol. The number of ether oxygens (including phenoxy) is 3. The van der Waals surface area contributed by atoms with Gasteiger partial charge in [0.1, 0.15) is 28.4 Å². The quantitative estimate of drug-likeness (QED) is 0.315. The third-order valence-electron chi connectivity index (χ3n) is 6.87. The van der Waals surface area contributed by atoms with Gasteiger partial charge in [0.2, 0.25) is 0 Å². The molecular formula is C31H35N3O5. The average Bonchev–Trinajstić information content (AvgIpc) is 3.41. The van der Waals surface area contributed by atoms with Crippen LogP contribution < -0.4 is 15.0 Å². The summed E-state index contributed by atoms with van der Waals surface area (Å²) in [7, 11) is 1.75. The van der Waals surface area contributed by atoms with Gasteiger partial charge in [0.25, 0.3) is 5.56 Å². The summed E-state index contributed by atoms with van der Waals surface area (Å²) in [6.45, 7) is 7.61. The van der Waals surface area contributed by atoms with Gasteiger partial charge >= 0.3 is 6.09 Å². The molecule has 0 atom stereocenters. The van der Waals surface area contributed by atoms with Crippen LogP contribution in [0.1, 0.15) is 33.6 Å². The highest BCUT2D eigenvalue weighted by molar-refractivity contribution is 5.95. The fourth-order valence-electron chi connectivity index (χ4n) is 4.82. The van der Waals surface area contributed by atoms with Gasteiger partial charge in [0.15, 0.2) is 0 Å². The van der Waals surface area contributed by atoms with Gasteiger partial charge in [-0.2, -0.15) is 0 Å². The largest absolute Gasteiger partial charge is 0.493 e. The molecule has 1 aliphatic heterocycles. The number of aromatic amines is 1. The maximum Gasteiger partial charge on any atom is 0.410 e. The van der Waals surface area contributed by atoms with Crippen LogP contribution in [0.15, 0.2) is 71.8 Å². The molecule has 1 saturated heterocycles. The molecule has 1 amide bonds. The Hall–Kier alpha value is -4.20. The molecule has 8 nitrogen and oxygen atoms in total. The number of aryl methyl sites for hydroxylation is 1. The van der Waals surface area contributed by atoms with Crippen LogP contribution >= 0.6 is 0 Å². The topological polar surface area (TPSA) is 85.8 Å². The number of H-pyrrole nitrogens is 1. The number of pyridine rings is 1. The van der Waals surface area contributed by atoms with Gasteiger partial charge in [-0.1, -0.05) is 18.2 Å². The van der Waals surface area contributed by atoms with Crippen LogP contribution in [-0.4, -0.2) is 45.8 Å². The second-order valence-corrected chi connectivity index (χ2v) is 11.0. The Morgan fingerprint density at radius 1 is 0.974 bits per heavy atom. The van der Waals surface area contributed by atoms with Gasteiger partial charge in [-0.15, -0.1) is 0 Å². The Morgan fingerprint density at radius 3 is 2.38 bits per heavy atom. The summed E-state index contributed by atoms with van der Waals surface area (Å²) in [5.74, 6) is 2.55. The van der Waals surface area contributed by atoms with E-state index in [4.69, 9.17) is 14.2 Å². The highest BCUT2D eigenvalue weighted by Gasteiger charge is 2.27. The van der Waals surface area contributed by atoms with Crippen LogP contribution in [0, 0.1) is 5.92 Å². The first-order valence-corrected chi connectivity index (χ1v) is 13.3. The van der Waals surface area contributed by atoms with E-state index in [1.165, 1.54) is 0 Å². The summed E-state index contributed by atoms with van der Waals surface area (Å²) in [5, 5.41) is 0.856. The lowest BCUT2D eigenvalue weighted by Crippen LogP contribution is -2.42. The normalized spacial score (nSPS) is 14.4. The molecule has 1 N–H and O–H groups in total. The van der Waals surface area contributed by atoms with E-state index in [2.05, 4.69) is 4.98 Å². The van der Waals surface area contributed by atoms with E-state index in [1.807, 2.05) is 81.6 Å². The number of fused-ring (bicyclic) bond motifs is 1. The molecular weight excluding hydrogens is 494 g/mol. The molecule has 2 aromatic carbocycles. The molecule has 0 spiro atoms. The number of nitrogens with one attached hydrogen (secondary N) is 1. The van der Waals surface area contributed by atoms with Crippen molar-refractivity contribution in [3.05, 3.63) is 77.3 Å². The van der Waals surface area contributed by atoms with E-state index in [0.29, 0.717) is 42.6 Å². The molecule has 204 valence electrons. The minimum Gasteiger partial charge on any atom is -0.493 e. The summed E-state index contributed by atoms with van der Waals surface area (Å²) >= 11 is 0. The highest BCUT2D eigenvalue weighted by atomic mass is 16.6. The molecule has 4 aromatic rings. The van der Waals surface area contributed by atoms with Gasteiger partial charge in [-0.25, -0.2) is 4.79 Å². The van der Waals surface area contributed by atoms with Crippen molar-refractivity contribution in [2.24, 2.45) is 13.0 Å². The number of carbonyl (C=O) groups excluding carboxylic acids is 1. The van der Waals surface area contributed by atoms with E-state index in [9.17, 15) is 9.59 Å². The van der Waals surface area contributed by atoms with Crippen LogP contribution in [0.3, 0.4) is 0 Å². The Labute approximate surface area is 228 Å². The third kappa shape index (κ3) is 6.11. The number of para-hydroxylation sites is 1. The molecule has 8 heteroatoms. The summed E-state index contributed by atoms with van der Waals surface area (Å²) in [4.78, 5) is 29.6. The lowest BCUT2D eigenvalue weighted by atomic mass is 9.98. The van der Waals surface area contributed by atoms with Crippen molar-refractivity contribution < 1.29 is 19.0 Å². The van der Waals surface area contributed by atoms with Crippen molar-refractivity contribution >= 4 is 17.0 Å². The molecule has 1 fully saturated rings. The van der Waals surface area contributed by atoms with Crippen molar-refractivity contribution in [1.82, 2.24) is 14.5 Å². The molecule has 0 aliphatic carbocycles. The highest BCUT2D eigenvalue weighted by Crippen LogP contribution is 2.36. The van der Waals surface area contributed by atoms with Crippen LogP contribution in [0.2, 0.25) is 0 Å². The zero-order valence-electron chi connectivity index (χ0n) is 22.9. The van der Waals surface area contributed by atoms with Gasteiger partial charge in [-0.3, -0.25) is 4.79 Å². The molecule has 0 bridgehead atoms. The summed E-state index contributed by atoms with van der Waals surface area (Å²) in [5.41, 5.74) is 1.84. The average molecular weight is 530 g/mol. The number of hydrogen-bond acceptors (Lipinski definition) is 5. The molecule has 0 radical (unpaired) electrons. The molecule has 1 aliphatic rings. The second kappa shape index (κ2) is 10.9. The van der Waals surface area contributed by atoms with Crippen molar-refractivity contribution in [2.75, 3.05) is 19.7 Å². The number of likely N-dealkylation sites (tertiary alicyclic amines) is 1. The summed E-state index contributed by atoms with van der Waals surface area (Å²) in [6, 6.07) is 17.3. The Morgan fingerprint density at radius 2 is 1.67 bits per heavy atom. The Balaban J connectivity index is 1.20. The first-order chi connectivity index (χ1) is 18.7. The minimum absolute atomic E-state index is 0.0682. The fraction of sp³-hybridized carbons (Fsp3) is 0.355. The molecule has 0 saturated carbocycles. The van der Waals surface area contributed by atoms with E-state index in [-0.39, 0.29) is 11.7 Å². The zero-order chi connectivity index (χ0) is 27.6. The maximum absolute atomic E-state index is 12.5. The van der Waals surface area contributed by atoms with E-state index >= 15 is 0 Å². The van der Waals surface area contributed by atoms with E-state index in [0.717, 1.165) is 35.1 Å². The molecule has 2 aromatic heterocycles. The smallest absolute Gasteiger partial charge is 0.410 e. The van der Waals surface area contributed by atoms with Crippen molar-refractivity contribution in [3.8, 4) is 28.4 Å². The Kier molecular flexibility index (Phi) is 7.37. The molecule has 5 rings (SSSR count). The van der Waals surface area contributed by atoms with Crippen molar-refractivity contribution in [2.45, 2.75) is 39.2 Å². The predicted molar refractivity (Wildman–Crippen MR) is 152 cm³/mol. The van der Waals surface area contributed by atoms with E-state index < -0.39 is 5.60 Å². The lowest BCUT2D eigenvalue weighted by Gasteiger charge is -2.33. The molecule has 3 heterocycles. The number of piperidine rings is 1. The number of amides is 1. The number of carbonyl (C=O) groups is 1. The minimum atomic E-state index is -0.481. The van der Waals surface area contributed by atoms with Gasteiger partial charge < -0.3 is 28.7 Å². The van der Waals surface area contributed by atoms with Gasteiger partial charge in [0, 0.05) is 49.0 Å². The lowest BCUT2D eigenvalue weighted by molar-refractivity contribution is 0.0165. The molecule has 39 heavy (non-hydrogen) atoms. The second-order valence-electron chi connectivity index (χ2n) is 11.0. The number of rotatable bonds is 6. The first kappa shape index (κ1) is 26.4. The predicted octanol–water partition coefficient (Wildman–Crippen LogP) is 6.35. The summed E-state index contributed by atoms with van der Waals surface area (Å²) in [6.07, 6.45) is 5.15. The van der Waals surface area contributed by atoms with Crippen LogP contribution in [0.4, 0.5) is 4.79 Å². The Bertz CT molecular complexity index is 1510. The van der Waals surface area contributed by atoms with Crippen LogP contribution in [0.5, 0.6) is 17.2 Å². The third-order valence-corrected chi connectivity index (χ3v) is 6.87. The van der Waals surface area contributed by atoms with Crippen LogP contribution in [0.25, 0.3) is 22.0 Å².